The number of benzene rings is 1. The fourth-order valence-electron chi connectivity index (χ4n) is 2.71. The Morgan fingerprint density at radius 3 is 2.71 bits per heavy atom. The standard InChI is InChI=1S/C15H20FN5O2S/c1-3-20(2)24(22,23)19-13-8-9-14-17-18-15(21(14)10-13)11-4-6-12(16)7-5-11/h4-7,13,19H,3,8-10H2,1-2H3/t13-/m1/s1. The van der Waals surface area contributed by atoms with Gasteiger partial charge in [-0.3, -0.25) is 0 Å². The molecule has 1 aliphatic rings. The zero-order valence-corrected chi connectivity index (χ0v) is 14.4. The van der Waals surface area contributed by atoms with Crippen molar-refractivity contribution in [3.63, 3.8) is 0 Å². The lowest BCUT2D eigenvalue weighted by atomic mass is 10.1. The molecule has 1 aliphatic heterocycles. The largest absolute Gasteiger partial charge is 0.309 e. The Bertz CT molecular complexity index is 819. The summed E-state index contributed by atoms with van der Waals surface area (Å²) in [6.45, 7) is 2.64. The first-order valence-electron chi connectivity index (χ1n) is 7.82. The molecule has 1 aromatic heterocycles. The zero-order chi connectivity index (χ0) is 17.3. The molecule has 2 heterocycles. The predicted octanol–water partition coefficient (Wildman–Crippen LogP) is 1.19. The van der Waals surface area contributed by atoms with Crippen molar-refractivity contribution >= 4 is 10.2 Å². The van der Waals surface area contributed by atoms with Gasteiger partial charge in [0.1, 0.15) is 11.6 Å². The molecule has 9 heteroatoms. The fourth-order valence-corrected chi connectivity index (χ4v) is 3.84. The number of aryl methyl sites for hydroxylation is 1. The summed E-state index contributed by atoms with van der Waals surface area (Å²) in [5, 5.41) is 8.35. The Hall–Kier alpha value is -1.84. The molecule has 7 nitrogen and oxygen atoms in total. The van der Waals surface area contributed by atoms with Gasteiger partial charge in [-0.05, 0) is 30.7 Å². The number of halogens is 1. The molecule has 0 bridgehead atoms. The van der Waals surface area contributed by atoms with Gasteiger partial charge in [-0.25, -0.2) is 4.39 Å². The minimum Gasteiger partial charge on any atom is -0.309 e. The highest BCUT2D eigenvalue weighted by atomic mass is 32.2. The van der Waals surface area contributed by atoms with Crippen LogP contribution in [-0.4, -0.2) is 47.1 Å². The van der Waals surface area contributed by atoms with Gasteiger partial charge in [0, 0.05) is 38.2 Å². The minimum atomic E-state index is -3.50. The van der Waals surface area contributed by atoms with Gasteiger partial charge in [0.05, 0.1) is 0 Å². The highest BCUT2D eigenvalue weighted by Gasteiger charge is 2.28. The average Bonchev–Trinajstić information content (AvgIpc) is 2.97. The van der Waals surface area contributed by atoms with Gasteiger partial charge < -0.3 is 4.57 Å². The second-order valence-electron chi connectivity index (χ2n) is 5.83. The number of hydrogen-bond donors (Lipinski definition) is 1. The molecular weight excluding hydrogens is 333 g/mol. The van der Waals surface area contributed by atoms with Crippen LogP contribution in [0.1, 0.15) is 19.2 Å². The summed E-state index contributed by atoms with van der Waals surface area (Å²) in [7, 11) is -1.96. The van der Waals surface area contributed by atoms with Gasteiger partial charge in [-0.2, -0.15) is 17.4 Å². The first kappa shape index (κ1) is 17.0. The van der Waals surface area contributed by atoms with E-state index < -0.39 is 10.2 Å². The van der Waals surface area contributed by atoms with E-state index in [-0.39, 0.29) is 11.9 Å². The van der Waals surface area contributed by atoms with E-state index in [0.29, 0.717) is 31.8 Å². The molecule has 1 N–H and O–H groups in total. The van der Waals surface area contributed by atoms with Crippen LogP contribution < -0.4 is 4.72 Å². The summed E-state index contributed by atoms with van der Waals surface area (Å²) < 4.78 is 43.4. The van der Waals surface area contributed by atoms with Crippen LogP contribution in [0.5, 0.6) is 0 Å². The van der Waals surface area contributed by atoms with Crippen molar-refractivity contribution in [1.82, 2.24) is 23.8 Å². The molecule has 0 unspecified atom stereocenters. The summed E-state index contributed by atoms with van der Waals surface area (Å²) in [5.74, 6) is 1.12. The second-order valence-corrected chi connectivity index (χ2v) is 7.64. The van der Waals surface area contributed by atoms with Crippen molar-refractivity contribution in [2.45, 2.75) is 32.4 Å². The molecule has 0 spiro atoms. The van der Waals surface area contributed by atoms with E-state index in [1.165, 1.54) is 16.4 Å². The number of rotatable bonds is 5. The molecule has 1 atom stereocenters. The van der Waals surface area contributed by atoms with Gasteiger partial charge in [-0.1, -0.05) is 6.92 Å². The summed E-state index contributed by atoms with van der Waals surface area (Å²) in [4.78, 5) is 0. The van der Waals surface area contributed by atoms with Crippen molar-refractivity contribution in [3.05, 3.63) is 35.9 Å². The average molecular weight is 353 g/mol. The molecule has 0 saturated carbocycles. The lowest BCUT2D eigenvalue weighted by molar-refractivity contribution is 0.402. The van der Waals surface area contributed by atoms with Crippen LogP contribution in [0.2, 0.25) is 0 Å². The van der Waals surface area contributed by atoms with Gasteiger partial charge in [-0.15, -0.1) is 10.2 Å². The van der Waals surface area contributed by atoms with Crippen molar-refractivity contribution in [1.29, 1.82) is 0 Å². The maximum absolute atomic E-state index is 13.1. The zero-order valence-electron chi connectivity index (χ0n) is 13.6. The molecule has 0 saturated heterocycles. The molecule has 1 aromatic carbocycles. The van der Waals surface area contributed by atoms with Crippen molar-refractivity contribution < 1.29 is 12.8 Å². The first-order chi connectivity index (χ1) is 11.4. The van der Waals surface area contributed by atoms with Crippen molar-refractivity contribution in [3.8, 4) is 11.4 Å². The van der Waals surface area contributed by atoms with Crippen molar-refractivity contribution in [2.75, 3.05) is 13.6 Å². The second kappa shape index (κ2) is 6.58. The topological polar surface area (TPSA) is 80.1 Å². The van der Waals surface area contributed by atoms with E-state index in [2.05, 4.69) is 14.9 Å². The lowest BCUT2D eigenvalue weighted by Gasteiger charge is -2.27. The number of fused-ring (bicyclic) bond motifs is 1. The quantitative estimate of drug-likeness (QED) is 0.875. The fraction of sp³-hybridized carbons (Fsp3) is 0.467. The van der Waals surface area contributed by atoms with E-state index in [4.69, 9.17) is 0 Å². The van der Waals surface area contributed by atoms with E-state index in [1.54, 1.807) is 26.1 Å². The van der Waals surface area contributed by atoms with Crippen LogP contribution >= 0.6 is 0 Å². The molecule has 0 fully saturated rings. The van der Waals surface area contributed by atoms with E-state index in [9.17, 15) is 12.8 Å². The SMILES string of the molecule is CCN(C)S(=O)(=O)N[C@@H]1CCc2nnc(-c3ccc(F)cc3)n2C1. The maximum Gasteiger partial charge on any atom is 0.279 e. The third-order valence-electron chi connectivity index (χ3n) is 4.22. The normalized spacial score (nSPS) is 17.9. The van der Waals surface area contributed by atoms with Crippen LogP contribution in [0.15, 0.2) is 24.3 Å². The van der Waals surface area contributed by atoms with Crippen LogP contribution in [0.3, 0.4) is 0 Å². The number of hydrogen-bond acceptors (Lipinski definition) is 4. The Kier molecular flexibility index (Phi) is 4.66. The summed E-state index contributed by atoms with van der Waals surface area (Å²) in [6, 6.07) is 5.80. The van der Waals surface area contributed by atoms with Gasteiger partial charge in [0.2, 0.25) is 0 Å². The Morgan fingerprint density at radius 1 is 1.33 bits per heavy atom. The summed E-state index contributed by atoms with van der Waals surface area (Å²) >= 11 is 0. The molecule has 2 aromatic rings. The van der Waals surface area contributed by atoms with Crippen LogP contribution in [0, 0.1) is 5.82 Å². The number of nitrogens with one attached hydrogen (secondary N) is 1. The van der Waals surface area contributed by atoms with Gasteiger partial charge in [0.15, 0.2) is 5.82 Å². The third-order valence-corrected chi connectivity index (χ3v) is 5.93. The predicted molar refractivity (Wildman–Crippen MR) is 87.9 cm³/mol. The maximum atomic E-state index is 13.1. The van der Waals surface area contributed by atoms with Crippen LogP contribution in [-0.2, 0) is 23.2 Å². The third kappa shape index (κ3) is 3.33. The highest BCUT2D eigenvalue weighted by Crippen LogP contribution is 2.23. The number of nitrogens with zero attached hydrogens (tertiary/aromatic N) is 4. The van der Waals surface area contributed by atoms with Gasteiger partial charge in [0.25, 0.3) is 10.2 Å². The summed E-state index contributed by atoms with van der Waals surface area (Å²) in [5.41, 5.74) is 0.754. The Labute approximate surface area is 140 Å². The molecule has 3 rings (SSSR count). The van der Waals surface area contributed by atoms with Crippen LogP contribution in [0.4, 0.5) is 4.39 Å². The number of aromatic nitrogens is 3. The highest BCUT2D eigenvalue weighted by molar-refractivity contribution is 7.87. The Morgan fingerprint density at radius 2 is 2.04 bits per heavy atom. The molecule has 24 heavy (non-hydrogen) atoms. The minimum absolute atomic E-state index is 0.230. The summed E-state index contributed by atoms with van der Waals surface area (Å²) in [6.07, 6.45) is 1.30. The molecule has 0 radical (unpaired) electrons. The van der Waals surface area contributed by atoms with E-state index in [1.807, 2.05) is 4.57 Å². The first-order valence-corrected chi connectivity index (χ1v) is 9.26. The molecular formula is C15H20FN5O2S. The molecule has 0 aliphatic carbocycles. The van der Waals surface area contributed by atoms with Gasteiger partial charge >= 0.3 is 0 Å². The monoisotopic (exact) mass is 353 g/mol. The Balaban J connectivity index is 1.83. The molecule has 130 valence electrons. The van der Waals surface area contributed by atoms with Crippen LogP contribution in [0.25, 0.3) is 11.4 Å². The van der Waals surface area contributed by atoms with E-state index >= 15 is 0 Å². The van der Waals surface area contributed by atoms with Crippen molar-refractivity contribution in [2.24, 2.45) is 0 Å². The van der Waals surface area contributed by atoms with E-state index in [0.717, 1.165) is 11.4 Å². The molecule has 0 amide bonds. The smallest absolute Gasteiger partial charge is 0.279 e. The lowest BCUT2D eigenvalue weighted by Crippen LogP contribution is -2.46.